The van der Waals surface area contributed by atoms with Gasteiger partial charge in [-0.05, 0) is 13.0 Å². The first-order valence-corrected chi connectivity index (χ1v) is 6.32. The number of hydrogen-bond acceptors (Lipinski definition) is 4. The van der Waals surface area contributed by atoms with Gasteiger partial charge in [0, 0.05) is 12.1 Å². The summed E-state index contributed by atoms with van der Waals surface area (Å²) in [6, 6.07) is 4.57. The van der Waals surface area contributed by atoms with Crippen LogP contribution >= 0.6 is 0 Å². The molecule has 1 aliphatic rings. The highest BCUT2D eigenvalue weighted by Crippen LogP contribution is 2.35. The van der Waals surface area contributed by atoms with Crippen molar-refractivity contribution in [1.82, 2.24) is 10.6 Å². The molecule has 0 aromatic heterocycles. The molecule has 1 amide bonds. The number of amides is 1. The molecule has 2 rings (SSSR count). The fraction of sp³-hybridized carbons (Fsp3) is 0.462. The number of halogens is 3. The number of fused-ring (bicyclic) bond motifs is 1. The summed E-state index contributed by atoms with van der Waals surface area (Å²) in [7, 11) is 0. The number of carbonyl (C=O) groups excluding carboxylic acids is 1. The average Bonchev–Trinajstić information content (AvgIpc) is 2.90. The molecule has 2 N–H and O–H groups in total. The van der Waals surface area contributed by atoms with Crippen molar-refractivity contribution in [3.8, 4) is 11.5 Å². The number of nitrogens with one attached hydrogen (secondary N) is 2. The molecular formula is C13H15F3N2O3. The molecule has 0 saturated heterocycles. The molecule has 5 nitrogen and oxygen atoms in total. The van der Waals surface area contributed by atoms with Gasteiger partial charge in [0.2, 0.25) is 12.7 Å². The largest absolute Gasteiger partial charge is 0.454 e. The second-order valence-corrected chi connectivity index (χ2v) is 4.59. The molecule has 1 aromatic carbocycles. The van der Waals surface area contributed by atoms with Crippen molar-refractivity contribution in [2.24, 2.45) is 0 Å². The molecule has 0 spiro atoms. The monoisotopic (exact) mass is 304 g/mol. The fourth-order valence-electron chi connectivity index (χ4n) is 1.83. The van der Waals surface area contributed by atoms with E-state index in [9.17, 15) is 18.0 Å². The van der Waals surface area contributed by atoms with Crippen molar-refractivity contribution < 1.29 is 27.4 Å². The van der Waals surface area contributed by atoms with E-state index >= 15 is 0 Å². The molecule has 0 aliphatic carbocycles. The Labute approximate surface area is 119 Å². The quantitative estimate of drug-likeness (QED) is 0.867. The third-order valence-corrected chi connectivity index (χ3v) is 2.93. The van der Waals surface area contributed by atoms with Crippen LogP contribution in [0.1, 0.15) is 12.5 Å². The number of carbonyl (C=O) groups is 1. The van der Waals surface area contributed by atoms with E-state index < -0.39 is 24.7 Å². The molecule has 1 unspecified atom stereocenters. The maximum absolute atomic E-state index is 12.0. The second-order valence-electron chi connectivity index (χ2n) is 4.59. The number of ether oxygens (including phenoxy) is 2. The molecular weight excluding hydrogens is 289 g/mol. The zero-order chi connectivity index (χ0) is 15.5. The lowest BCUT2D eigenvalue weighted by atomic mass is 10.1. The van der Waals surface area contributed by atoms with Crippen molar-refractivity contribution >= 4 is 5.91 Å². The lowest BCUT2D eigenvalue weighted by molar-refractivity contribution is -0.139. The predicted molar refractivity (Wildman–Crippen MR) is 67.9 cm³/mol. The van der Waals surface area contributed by atoms with E-state index in [-0.39, 0.29) is 13.3 Å². The first-order valence-electron chi connectivity index (χ1n) is 6.32. The number of benzene rings is 1. The van der Waals surface area contributed by atoms with Gasteiger partial charge in [-0.3, -0.25) is 4.79 Å². The van der Waals surface area contributed by atoms with Crippen LogP contribution in [0.4, 0.5) is 13.2 Å². The summed E-state index contributed by atoms with van der Waals surface area (Å²) in [5.74, 6) is 0.494. The summed E-state index contributed by atoms with van der Waals surface area (Å²) in [5, 5.41) is 4.68. The van der Waals surface area contributed by atoms with E-state index in [0.717, 1.165) is 5.56 Å². The molecule has 1 heterocycles. The lowest BCUT2D eigenvalue weighted by Gasteiger charge is -2.15. The number of rotatable bonds is 5. The Kier molecular flexibility index (Phi) is 4.56. The lowest BCUT2D eigenvalue weighted by Crippen LogP contribution is -2.45. The van der Waals surface area contributed by atoms with Gasteiger partial charge in [-0.2, -0.15) is 13.2 Å². The number of para-hydroxylation sites is 1. The van der Waals surface area contributed by atoms with E-state index in [0.29, 0.717) is 11.5 Å². The van der Waals surface area contributed by atoms with Crippen molar-refractivity contribution in [3.05, 3.63) is 23.8 Å². The van der Waals surface area contributed by atoms with Crippen LogP contribution < -0.4 is 20.1 Å². The Balaban J connectivity index is 1.85. The SMILES string of the molecule is CC(NCc1cccc2c1OCO2)C(=O)NCC(F)(F)F. The maximum Gasteiger partial charge on any atom is 0.405 e. The van der Waals surface area contributed by atoms with Crippen LogP contribution in [0.25, 0.3) is 0 Å². The highest BCUT2D eigenvalue weighted by Gasteiger charge is 2.28. The van der Waals surface area contributed by atoms with Gasteiger partial charge in [0.1, 0.15) is 6.54 Å². The molecule has 21 heavy (non-hydrogen) atoms. The van der Waals surface area contributed by atoms with Gasteiger partial charge in [-0.1, -0.05) is 12.1 Å². The van der Waals surface area contributed by atoms with Crippen molar-refractivity contribution in [1.29, 1.82) is 0 Å². The van der Waals surface area contributed by atoms with Crippen LogP contribution in [0.3, 0.4) is 0 Å². The fourth-order valence-corrected chi connectivity index (χ4v) is 1.83. The molecule has 8 heteroatoms. The molecule has 0 fully saturated rings. The van der Waals surface area contributed by atoms with Crippen LogP contribution in [0.15, 0.2) is 18.2 Å². The van der Waals surface area contributed by atoms with Crippen LogP contribution in [0.5, 0.6) is 11.5 Å². The minimum absolute atomic E-state index is 0.133. The average molecular weight is 304 g/mol. The van der Waals surface area contributed by atoms with Crippen molar-refractivity contribution in [2.45, 2.75) is 25.7 Å². The van der Waals surface area contributed by atoms with Crippen LogP contribution in [0.2, 0.25) is 0 Å². The Hall–Kier alpha value is -1.96. The molecule has 1 aliphatic heterocycles. The van der Waals surface area contributed by atoms with Gasteiger partial charge in [0.05, 0.1) is 6.04 Å². The summed E-state index contributed by atoms with van der Waals surface area (Å²) in [6.45, 7) is 0.572. The molecule has 0 radical (unpaired) electrons. The maximum atomic E-state index is 12.0. The first kappa shape index (κ1) is 15.4. The molecule has 0 bridgehead atoms. The summed E-state index contributed by atoms with van der Waals surface area (Å²) < 4.78 is 46.6. The van der Waals surface area contributed by atoms with Gasteiger partial charge in [-0.15, -0.1) is 0 Å². The Morgan fingerprint density at radius 2 is 2.14 bits per heavy atom. The van der Waals surface area contributed by atoms with Gasteiger partial charge in [-0.25, -0.2) is 0 Å². The third-order valence-electron chi connectivity index (χ3n) is 2.93. The van der Waals surface area contributed by atoms with Gasteiger partial charge in [0.25, 0.3) is 0 Å². The Morgan fingerprint density at radius 3 is 2.86 bits per heavy atom. The molecule has 116 valence electrons. The Bertz CT molecular complexity index is 520. The normalized spacial score (nSPS) is 14.9. The topological polar surface area (TPSA) is 59.6 Å². The third kappa shape index (κ3) is 4.25. The second kappa shape index (κ2) is 6.21. The van der Waals surface area contributed by atoms with E-state index in [1.54, 1.807) is 18.2 Å². The van der Waals surface area contributed by atoms with E-state index in [2.05, 4.69) is 5.32 Å². The summed E-state index contributed by atoms with van der Waals surface area (Å²) in [4.78, 5) is 11.5. The Morgan fingerprint density at radius 1 is 1.38 bits per heavy atom. The number of hydrogen-bond donors (Lipinski definition) is 2. The van der Waals surface area contributed by atoms with Gasteiger partial charge >= 0.3 is 6.18 Å². The van der Waals surface area contributed by atoms with Gasteiger partial charge in [0.15, 0.2) is 11.5 Å². The zero-order valence-corrected chi connectivity index (χ0v) is 11.3. The van der Waals surface area contributed by atoms with Crippen LogP contribution in [-0.4, -0.2) is 31.5 Å². The highest BCUT2D eigenvalue weighted by atomic mass is 19.4. The summed E-state index contributed by atoms with van der Waals surface area (Å²) in [6.07, 6.45) is -4.42. The highest BCUT2D eigenvalue weighted by molar-refractivity contribution is 5.81. The van der Waals surface area contributed by atoms with Gasteiger partial charge < -0.3 is 20.1 Å². The predicted octanol–water partition coefficient (Wildman–Crippen LogP) is 1.57. The summed E-state index contributed by atoms with van der Waals surface area (Å²) >= 11 is 0. The van der Waals surface area contributed by atoms with E-state index in [1.165, 1.54) is 6.92 Å². The van der Waals surface area contributed by atoms with Crippen molar-refractivity contribution in [2.75, 3.05) is 13.3 Å². The van der Waals surface area contributed by atoms with Crippen molar-refractivity contribution in [3.63, 3.8) is 0 Å². The molecule has 0 saturated carbocycles. The standard InChI is InChI=1S/C13H15F3N2O3/c1-8(12(19)18-6-13(14,15)16)17-5-9-3-2-4-10-11(9)21-7-20-10/h2-4,8,17H,5-7H2,1H3,(H,18,19). The summed E-state index contributed by atoms with van der Waals surface area (Å²) in [5.41, 5.74) is 0.778. The van der Waals surface area contributed by atoms with E-state index in [4.69, 9.17) is 9.47 Å². The first-order chi connectivity index (χ1) is 9.87. The minimum atomic E-state index is -4.42. The zero-order valence-electron chi connectivity index (χ0n) is 11.3. The van der Waals surface area contributed by atoms with Crippen LogP contribution in [-0.2, 0) is 11.3 Å². The smallest absolute Gasteiger partial charge is 0.405 e. The molecule has 1 atom stereocenters. The minimum Gasteiger partial charge on any atom is -0.454 e. The van der Waals surface area contributed by atoms with Crippen LogP contribution in [0, 0.1) is 0 Å². The number of alkyl halides is 3. The molecule has 1 aromatic rings. The van der Waals surface area contributed by atoms with E-state index in [1.807, 2.05) is 5.32 Å².